The number of carbonyl (C=O) groups excluding carboxylic acids is 2. The maximum Gasteiger partial charge on any atom is 0.246 e. The van der Waals surface area contributed by atoms with Crippen LogP contribution < -0.4 is 5.32 Å². The average Bonchev–Trinajstić information content (AvgIpc) is 2.73. The van der Waals surface area contributed by atoms with Crippen LogP contribution in [0.1, 0.15) is 30.5 Å². The molecule has 0 saturated carbocycles. The number of hydrogen-bond donors (Lipinski definition) is 1. The molecule has 1 heterocycles. The quantitative estimate of drug-likeness (QED) is 0.721. The van der Waals surface area contributed by atoms with Crippen molar-refractivity contribution >= 4 is 35.2 Å². The largest absolute Gasteiger partial charge is 0.334 e. The van der Waals surface area contributed by atoms with Crippen molar-refractivity contribution in [2.24, 2.45) is 0 Å². The second kappa shape index (κ2) is 10.3. The van der Waals surface area contributed by atoms with Crippen LogP contribution in [0.25, 0.3) is 6.08 Å². The summed E-state index contributed by atoms with van der Waals surface area (Å²) in [5.41, 5.74) is 3.10. The molecule has 2 aromatic rings. The van der Waals surface area contributed by atoms with E-state index in [0.29, 0.717) is 22.8 Å². The van der Waals surface area contributed by atoms with Crippen molar-refractivity contribution in [2.75, 3.05) is 25.0 Å². The van der Waals surface area contributed by atoms with Crippen molar-refractivity contribution in [3.8, 4) is 6.07 Å². The number of benzene rings is 2. The lowest BCUT2D eigenvalue weighted by molar-refractivity contribution is -0.130. The first-order chi connectivity index (χ1) is 14.9. The van der Waals surface area contributed by atoms with Gasteiger partial charge in [0.1, 0.15) is 0 Å². The van der Waals surface area contributed by atoms with Crippen LogP contribution in [-0.4, -0.2) is 47.3 Å². The summed E-state index contributed by atoms with van der Waals surface area (Å²) in [5.74, 6) is -0.260. The maximum atomic E-state index is 12.8. The Balaban J connectivity index is 1.61. The number of carbonyl (C=O) groups is 2. The smallest absolute Gasteiger partial charge is 0.246 e. The van der Waals surface area contributed by atoms with Crippen LogP contribution in [0.2, 0.25) is 5.02 Å². The number of halogens is 1. The van der Waals surface area contributed by atoms with Gasteiger partial charge in [0.05, 0.1) is 11.6 Å². The number of amides is 2. The van der Waals surface area contributed by atoms with Gasteiger partial charge in [-0.3, -0.25) is 14.5 Å². The average molecular weight is 437 g/mol. The maximum absolute atomic E-state index is 12.8. The molecular weight excluding hydrogens is 412 g/mol. The molecular formula is C24H25ClN4O2. The molecule has 160 valence electrons. The lowest BCUT2D eigenvalue weighted by Gasteiger charge is -2.39. The van der Waals surface area contributed by atoms with Gasteiger partial charge in [-0.05, 0) is 48.4 Å². The number of nitrogens with one attached hydrogen (secondary N) is 1. The molecule has 2 amide bonds. The molecule has 7 heteroatoms. The molecule has 3 rings (SSSR count). The van der Waals surface area contributed by atoms with Crippen molar-refractivity contribution in [1.29, 1.82) is 5.26 Å². The standard InChI is InChI=1S/C24H25ClN4O2/c1-17-15-28(16-20-5-3-19(14-26)4-6-20)11-12-29(17)24(31)10-8-21-7-9-22(25)13-23(21)27-18(2)30/h3-10,13,17H,11-12,15-16H2,1-2H3,(H,27,30). The fourth-order valence-electron chi connectivity index (χ4n) is 3.68. The molecule has 2 aromatic carbocycles. The van der Waals surface area contributed by atoms with Gasteiger partial charge in [0.25, 0.3) is 0 Å². The summed E-state index contributed by atoms with van der Waals surface area (Å²) >= 11 is 6.02. The van der Waals surface area contributed by atoms with Gasteiger partial charge >= 0.3 is 0 Å². The van der Waals surface area contributed by atoms with Crippen LogP contribution >= 0.6 is 11.6 Å². The summed E-state index contributed by atoms with van der Waals surface area (Å²) in [5, 5.41) is 12.2. The van der Waals surface area contributed by atoms with Crippen LogP contribution in [0.4, 0.5) is 5.69 Å². The summed E-state index contributed by atoms with van der Waals surface area (Å²) < 4.78 is 0. The molecule has 31 heavy (non-hydrogen) atoms. The van der Waals surface area contributed by atoms with E-state index < -0.39 is 0 Å². The highest BCUT2D eigenvalue weighted by Gasteiger charge is 2.26. The van der Waals surface area contributed by atoms with Crippen LogP contribution in [0.15, 0.2) is 48.5 Å². The van der Waals surface area contributed by atoms with Gasteiger partial charge in [0.2, 0.25) is 11.8 Å². The van der Waals surface area contributed by atoms with Gasteiger partial charge in [0.15, 0.2) is 0 Å². The number of nitrogens with zero attached hydrogens (tertiary/aromatic N) is 3. The predicted octanol–water partition coefficient (Wildman–Crippen LogP) is 3.92. The van der Waals surface area contributed by atoms with Crippen LogP contribution in [0.5, 0.6) is 0 Å². The Morgan fingerprint density at radius 2 is 1.97 bits per heavy atom. The first-order valence-corrected chi connectivity index (χ1v) is 10.5. The zero-order valence-electron chi connectivity index (χ0n) is 17.6. The van der Waals surface area contributed by atoms with E-state index in [0.717, 1.165) is 30.8 Å². The van der Waals surface area contributed by atoms with E-state index in [1.165, 1.54) is 6.92 Å². The molecule has 1 aliphatic heterocycles. The Kier molecular flexibility index (Phi) is 7.45. The summed E-state index contributed by atoms with van der Waals surface area (Å²) in [6.07, 6.45) is 3.25. The summed E-state index contributed by atoms with van der Waals surface area (Å²) in [7, 11) is 0. The molecule has 0 spiro atoms. The van der Waals surface area contributed by atoms with Gasteiger partial charge in [0, 0.05) is 55.9 Å². The van der Waals surface area contributed by atoms with Crippen molar-refractivity contribution in [1.82, 2.24) is 9.80 Å². The van der Waals surface area contributed by atoms with E-state index in [2.05, 4.69) is 16.3 Å². The molecule has 0 bridgehead atoms. The first-order valence-electron chi connectivity index (χ1n) is 10.1. The summed E-state index contributed by atoms with van der Waals surface area (Å²) in [4.78, 5) is 28.4. The topological polar surface area (TPSA) is 76.4 Å². The molecule has 1 atom stereocenters. The van der Waals surface area contributed by atoms with Gasteiger partial charge in [-0.25, -0.2) is 0 Å². The van der Waals surface area contributed by atoms with Gasteiger partial charge < -0.3 is 10.2 Å². The Labute approximate surface area is 187 Å². The highest BCUT2D eigenvalue weighted by molar-refractivity contribution is 6.31. The molecule has 0 aliphatic carbocycles. The molecule has 1 aliphatic rings. The van der Waals surface area contributed by atoms with Crippen molar-refractivity contribution in [3.05, 3.63) is 70.3 Å². The molecule has 1 saturated heterocycles. The fourth-order valence-corrected chi connectivity index (χ4v) is 3.85. The van der Waals surface area contributed by atoms with E-state index in [1.807, 2.05) is 36.1 Å². The van der Waals surface area contributed by atoms with Crippen molar-refractivity contribution in [2.45, 2.75) is 26.4 Å². The number of rotatable bonds is 5. The zero-order valence-corrected chi connectivity index (χ0v) is 18.4. The molecule has 0 radical (unpaired) electrons. The molecule has 1 unspecified atom stereocenters. The second-order valence-electron chi connectivity index (χ2n) is 7.67. The minimum absolute atomic E-state index is 0.0609. The Morgan fingerprint density at radius 1 is 1.23 bits per heavy atom. The summed E-state index contributed by atoms with van der Waals surface area (Å²) in [6, 6.07) is 15.0. The second-order valence-corrected chi connectivity index (χ2v) is 8.11. The van der Waals surface area contributed by atoms with Gasteiger partial charge in [-0.2, -0.15) is 5.26 Å². The van der Waals surface area contributed by atoms with Gasteiger partial charge in [-0.15, -0.1) is 0 Å². The molecule has 1 N–H and O–H groups in total. The number of anilines is 1. The van der Waals surface area contributed by atoms with E-state index in [-0.39, 0.29) is 17.9 Å². The molecule has 6 nitrogen and oxygen atoms in total. The van der Waals surface area contributed by atoms with E-state index in [4.69, 9.17) is 16.9 Å². The van der Waals surface area contributed by atoms with Crippen LogP contribution in [0.3, 0.4) is 0 Å². The Bertz CT molecular complexity index is 1030. The SMILES string of the molecule is CC(=O)Nc1cc(Cl)ccc1C=CC(=O)N1CCN(Cc2ccc(C#N)cc2)CC1C. The Morgan fingerprint density at radius 3 is 2.61 bits per heavy atom. The van der Waals surface area contributed by atoms with Crippen LogP contribution in [0, 0.1) is 11.3 Å². The van der Waals surface area contributed by atoms with Crippen molar-refractivity contribution < 1.29 is 9.59 Å². The first kappa shape index (κ1) is 22.5. The van der Waals surface area contributed by atoms with Gasteiger partial charge in [-0.1, -0.05) is 29.8 Å². The minimum atomic E-state index is -0.199. The highest BCUT2D eigenvalue weighted by Crippen LogP contribution is 2.23. The highest BCUT2D eigenvalue weighted by atomic mass is 35.5. The Hall–Kier alpha value is -3.14. The lowest BCUT2D eigenvalue weighted by atomic mass is 10.1. The van der Waals surface area contributed by atoms with E-state index in [9.17, 15) is 9.59 Å². The van der Waals surface area contributed by atoms with E-state index in [1.54, 1.807) is 30.4 Å². The third-order valence-corrected chi connectivity index (χ3v) is 5.45. The van der Waals surface area contributed by atoms with E-state index >= 15 is 0 Å². The number of piperazine rings is 1. The lowest BCUT2D eigenvalue weighted by Crippen LogP contribution is -2.53. The molecule has 1 fully saturated rings. The monoisotopic (exact) mass is 436 g/mol. The predicted molar refractivity (Wildman–Crippen MR) is 122 cm³/mol. The number of nitriles is 1. The van der Waals surface area contributed by atoms with Crippen molar-refractivity contribution in [3.63, 3.8) is 0 Å². The number of hydrogen-bond acceptors (Lipinski definition) is 4. The summed E-state index contributed by atoms with van der Waals surface area (Å²) in [6.45, 7) is 6.46. The fraction of sp³-hybridized carbons (Fsp3) is 0.292. The third-order valence-electron chi connectivity index (χ3n) is 5.22. The normalized spacial score (nSPS) is 16.8. The van der Waals surface area contributed by atoms with Crippen LogP contribution in [-0.2, 0) is 16.1 Å². The minimum Gasteiger partial charge on any atom is -0.334 e. The molecule has 0 aromatic heterocycles. The third kappa shape index (κ3) is 6.17. The zero-order chi connectivity index (χ0) is 22.4.